The Morgan fingerprint density at radius 3 is 1.30 bits per heavy atom. The number of nitriles is 2. The molecule has 4 aromatic rings. The minimum atomic E-state index is -0.725. The van der Waals surface area contributed by atoms with Crippen LogP contribution in [0, 0.1) is 22.7 Å². The molecule has 0 fully saturated rings. The van der Waals surface area contributed by atoms with E-state index in [9.17, 15) is 10.5 Å². The first-order valence-corrected chi connectivity index (χ1v) is 18.4. The van der Waals surface area contributed by atoms with E-state index in [1.807, 2.05) is 12.1 Å². The molecule has 0 aliphatic heterocycles. The summed E-state index contributed by atoms with van der Waals surface area (Å²) in [5.74, 6) is 1.25. The van der Waals surface area contributed by atoms with E-state index in [0.29, 0.717) is 33.8 Å². The van der Waals surface area contributed by atoms with Crippen molar-refractivity contribution in [1.82, 2.24) is 9.97 Å². The Balaban J connectivity index is 1.51. The smallest absolute Gasteiger partial charge is 0.213 e. The molecule has 0 aliphatic rings. The highest BCUT2D eigenvalue weighted by Gasteiger charge is 2.25. The van der Waals surface area contributed by atoms with Crippen LogP contribution in [0.15, 0.2) is 82.1 Å². The highest BCUT2D eigenvalue weighted by atomic mass is 35.5. The summed E-state index contributed by atoms with van der Waals surface area (Å²) in [5, 5.41) is 19.5. The topological polar surface area (TPSA) is 120 Å². The first-order valence-electron chi connectivity index (χ1n) is 15.4. The van der Waals surface area contributed by atoms with Gasteiger partial charge in [-0.1, -0.05) is 92.8 Å². The molecule has 0 radical (unpaired) electrons. The predicted molar refractivity (Wildman–Crippen MR) is 208 cm³/mol. The van der Waals surface area contributed by atoms with Gasteiger partial charge < -0.3 is 23.7 Å². The Hall–Kier alpha value is -3.32. The lowest BCUT2D eigenvalue weighted by Gasteiger charge is -2.23. The number of pyridine rings is 2. The van der Waals surface area contributed by atoms with E-state index >= 15 is 0 Å². The van der Waals surface area contributed by atoms with Gasteiger partial charge in [0.05, 0.1) is 44.4 Å². The third-order valence-corrected chi connectivity index (χ3v) is 8.90. The Kier molecular flexibility index (Phi) is 17.2. The molecule has 0 saturated heterocycles. The molecule has 0 amide bonds. The zero-order valence-electron chi connectivity index (χ0n) is 27.2. The maximum Gasteiger partial charge on any atom is 0.213 e. The zero-order valence-corrected chi connectivity index (χ0v) is 33.2. The summed E-state index contributed by atoms with van der Waals surface area (Å²) in [7, 11) is 0. The molecule has 53 heavy (non-hydrogen) atoms. The molecule has 0 spiro atoms. The summed E-state index contributed by atoms with van der Waals surface area (Å²) in [4.78, 5) is 8.46. The molecule has 0 N–H and O–H groups in total. The minimum absolute atomic E-state index is 0.0579. The highest BCUT2D eigenvalue weighted by molar-refractivity contribution is 6.56. The van der Waals surface area contributed by atoms with Crippen LogP contribution < -0.4 is 18.9 Å². The average molecular weight is 878 g/mol. The van der Waals surface area contributed by atoms with E-state index in [1.54, 1.807) is 48.5 Å². The van der Waals surface area contributed by atoms with Crippen molar-refractivity contribution in [2.24, 2.45) is 0 Å². The van der Waals surface area contributed by atoms with Gasteiger partial charge in [-0.05, 0) is 48.6 Å². The van der Waals surface area contributed by atoms with Crippen LogP contribution in [0.2, 0.25) is 20.1 Å². The molecule has 276 valence electrons. The Morgan fingerprint density at radius 2 is 1.00 bits per heavy atom. The maximum atomic E-state index is 9.19. The summed E-state index contributed by atoms with van der Waals surface area (Å²) < 4.78 is 29.9. The van der Waals surface area contributed by atoms with Crippen molar-refractivity contribution in [3.05, 3.63) is 124 Å². The first-order chi connectivity index (χ1) is 25.5. The Bertz CT molecular complexity index is 1800. The van der Waals surface area contributed by atoms with Gasteiger partial charge in [0, 0.05) is 48.5 Å². The molecule has 17 heteroatoms. The monoisotopic (exact) mass is 874 g/mol. The van der Waals surface area contributed by atoms with Gasteiger partial charge in [0.15, 0.2) is 0 Å². The van der Waals surface area contributed by atoms with Gasteiger partial charge in [0.25, 0.3) is 0 Å². The number of hydrogen-bond acceptors (Lipinski definition) is 9. The van der Waals surface area contributed by atoms with Gasteiger partial charge in [0.1, 0.15) is 58.0 Å². The largest absolute Gasteiger partial charge is 0.489 e. The van der Waals surface area contributed by atoms with Crippen molar-refractivity contribution in [3.63, 3.8) is 0 Å². The van der Waals surface area contributed by atoms with E-state index in [0.717, 1.165) is 0 Å². The molecule has 9 nitrogen and oxygen atoms in total. The van der Waals surface area contributed by atoms with Gasteiger partial charge in [0.2, 0.25) is 11.8 Å². The molecule has 2 unspecified atom stereocenters. The van der Waals surface area contributed by atoms with Crippen LogP contribution in [0.25, 0.3) is 0 Å². The second-order valence-electron chi connectivity index (χ2n) is 10.6. The van der Waals surface area contributed by atoms with E-state index in [1.165, 1.54) is 24.5 Å². The van der Waals surface area contributed by atoms with Crippen LogP contribution in [0.1, 0.15) is 47.3 Å². The minimum Gasteiger partial charge on any atom is -0.489 e. The normalized spacial score (nSPS) is 11.7. The summed E-state index contributed by atoms with van der Waals surface area (Å²) in [6.45, 7) is 0.549. The molecule has 2 aromatic heterocycles. The van der Waals surface area contributed by atoms with E-state index in [4.69, 9.17) is 116 Å². The summed E-state index contributed by atoms with van der Waals surface area (Å²) >= 11 is 49.5. The van der Waals surface area contributed by atoms with Gasteiger partial charge in [-0.15, -0.1) is 0 Å². The third-order valence-electron chi connectivity index (χ3n) is 7.03. The number of rotatable bonds is 18. The molecular formula is C36H26Cl8N4O5. The van der Waals surface area contributed by atoms with Crippen LogP contribution in [-0.4, -0.2) is 36.4 Å². The van der Waals surface area contributed by atoms with Crippen molar-refractivity contribution >= 4 is 92.8 Å². The average Bonchev–Trinajstić information content (AvgIpc) is 3.11. The third kappa shape index (κ3) is 13.5. The van der Waals surface area contributed by atoms with Crippen molar-refractivity contribution in [3.8, 4) is 35.4 Å². The van der Waals surface area contributed by atoms with Crippen molar-refractivity contribution < 1.29 is 23.7 Å². The number of benzene rings is 2. The lowest BCUT2D eigenvalue weighted by molar-refractivity contribution is 0.0666. The van der Waals surface area contributed by atoms with Crippen molar-refractivity contribution in [2.45, 2.75) is 25.0 Å². The lowest BCUT2D eigenvalue weighted by atomic mass is 10.1. The summed E-state index contributed by atoms with van der Waals surface area (Å²) in [6, 6.07) is 16.7. The van der Waals surface area contributed by atoms with Gasteiger partial charge in [-0.25, -0.2) is 9.97 Å². The summed E-state index contributed by atoms with van der Waals surface area (Å²) in [5.41, 5.74) is 1.67. The predicted octanol–water partition coefficient (Wildman–Crippen LogP) is 12.0. The van der Waals surface area contributed by atoms with Crippen LogP contribution in [0.5, 0.6) is 23.3 Å². The molecule has 0 bridgehead atoms. The molecule has 0 saturated carbocycles. The Morgan fingerprint density at radius 1 is 0.623 bits per heavy atom. The van der Waals surface area contributed by atoms with Crippen LogP contribution >= 0.6 is 92.8 Å². The second-order valence-corrected chi connectivity index (χ2v) is 14.3. The van der Waals surface area contributed by atoms with Gasteiger partial charge in [-0.3, -0.25) is 0 Å². The second kappa shape index (κ2) is 21.5. The molecule has 2 atom stereocenters. The quantitative estimate of drug-likeness (QED) is 0.0900. The number of aromatic nitrogens is 2. The fourth-order valence-electron chi connectivity index (χ4n) is 4.64. The van der Waals surface area contributed by atoms with Crippen LogP contribution in [0.4, 0.5) is 0 Å². The number of hydrogen-bond donors (Lipinski definition) is 0. The maximum absolute atomic E-state index is 9.19. The molecule has 2 heterocycles. The molecule has 2 aromatic carbocycles. The van der Waals surface area contributed by atoms with E-state index in [2.05, 4.69) is 9.97 Å². The summed E-state index contributed by atoms with van der Waals surface area (Å²) in [6.07, 6.45) is 4.84. The van der Waals surface area contributed by atoms with Gasteiger partial charge >= 0.3 is 0 Å². The number of ether oxygens (including phenoxy) is 5. The van der Waals surface area contributed by atoms with E-state index < -0.39 is 12.2 Å². The number of nitrogens with zero attached hydrogens (tertiary/aromatic N) is 4. The van der Waals surface area contributed by atoms with Crippen molar-refractivity contribution in [2.75, 3.05) is 26.4 Å². The molecule has 0 aliphatic carbocycles. The number of halogens is 8. The van der Waals surface area contributed by atoms with Gasteiger partial charge in [-0.2, -0.15) is 10.5 Å². The molecule has 4 rings (SSSR count). The van der Waals surface area contributed by atoms with Crippen molar-refractivity contribution in [1.29, 1.82) is 10.5 Å². The standard InChI is InChI=1S/C36H26Cl8N4O5/c37-25-13-23(50-11-7-31(41)42)14-26(38)35(25)29(52-33-3-1-21(17-45)19-47-33)5-9-49-10-6-30(53-34-4-2-22(18-46)20-48-34)36-27(39)15-24(16-28(36)40)51-12-8-32(43)44/h1-4,7-8,13-16,19-20,29-30H,5-6,9-12H2. The fraction of sp³-hybridized carbons (Fsp3) is 0.222. The van der Waals surface area contributed by atoms with Crippen LogP contribution in [0.3, 0.4) is 0 Å². The SMILES string of the molecule is N#Cc1ccc(OC(CCOCCC(Oc2ccc(C#N)cn2)c2c(Cl)cc(OCC=C(Cl)Cl)cc2Cl)c2c(Cl)cc(OCC=C(Cl)Cl)cc2Cl)nc1. The first kappa shape index (κ1) is 42.4. The van der Waals surface area contributed by atoms with Crippen LogP contribution in [-0.2, 0) is 4.74 Å². The molecular weight excluding hydrogens is 852 g/mol. The highest BCUT2D eigenvalue weighted by Crippen LogP contribution is 2.40. The van der Waals surface area contributed by atoms with E-state index in [-0.39, 0.29) is 80.1 Å². The Labute approximate surface area is 346 Å². The lowest BCUT2D eigenvalue weighted by Crippen LogP contribution is -2.16. The zero-order chi connectivity index (χ0) is 38.3. The fourth-order valence-corrected chi connectivity index (χ4v) is 6.31.